The lowest BCUT2D eigenvalue weighted by Crippen LogP contribution is -2.22. The number of benzene rings is 1. The van der Waals surface area contributed by atoms with Crippen molar-refractivity contribution in [2.45, 2.75) is 13.8 Å². The molecule has 0 amide bonds. The van der Waals surface area contributed by atoms with E-state index in [0.29, 0.717) is 24.9 Å². The number of oxazole rings is 1. The average molecular weight is 322 g/mol. The van der Waals surface area contributed by atoms with Crippen molar-refractivity contribution in [1.29, 1.82) is 0 Å². The van der Waals surface area contributed by atoms with E-state index in [2.05, 4.69) is 4.98 Å². The van der Waals surface area contributed by atoms with Crippen LogP contribution in [-0.4, -0.2) is 31.8 Å². The summed E-state index contributed by atoms with van der Waals surface area (Å²) in [6.45, 7) is 4.94. The fourth-order valence-electron chi connectivity index (χ4n) is 2.28. The molecule has 1 aliphatic rings. The van der Waals surface area contributed by atoms with E-state index in [4.69, 9.17) is 13.5 Å². The molecule has 0 bridgehead atoms. The molecule has 0 saturated carbocycles. The van der Waals surface area contributed by atoms with Crippen LogP contribution < -0.4 is 10.3 Å². The Labute approximate surface area is 129 Å². The number of hydrogen-bond donors (Lipinski definition) is 0. The Balaban J connectivity index is 2.09. The van der Waals surface area contributed by atoms with E-state index >= 15 is 0 Å². The van der Waals surface area contributed by atoms with Crippen LogP contribution in [-0.2, 0) is 13.6 Å². The van der Waals surface area contributed by atoms with Gasteiger partial charge in [0.15, 0.2) is 0 Å². The summed E-state index contributed by atoms with van der Waals surface area (Å²) in [6.07, 6.45) is 0. The van der Waals surface area contributed by atoms with E-state index in [0.717, 1.165) is 11.1 Å². The van der Waals surface area contributed by atoms with Crippen molar-refractivity contribution in [2.75, 3.05) is 31.7 Å². The number of aryl methyl sites for hydroxylation is 1. The molecule has 1 atom stereocenters. The molecule has 1 aromatic carbocycles. The fourth-order valence-corrected chi connectivity index (χ4v) is 3.92. The molecule has 6 nitrogen and oxygen atoms in total. The van der Waals surface area contributed by atoms with E-state index in [1.807, 2.05) is 43.1 Å². The molecule has 22 heavy (non-hydrogen) atoms. The van der Waals surface area contributed by atoms with Crippen molar-refractivity contribution in [1.82, 2.24) is 4.98 Å². The van der Waals surface area contributed by atoms with Gasteiger partial charge in [-0.05, 0) is 26.0 Å². The molecule has 118 valence electrons. The summed E-state index contributed by atoms with van der Waals surface area (Å²) in [5, 5.41) is 0. The molecule has 0 N–H and O–H groups in total. The van der Waals surface area contributed by atoms with Crippen molar-refractivity contribution in [2.24, 2.45) is 0 Å². The molecule has 0 aliphatic carbocycles. The number of nitrogens with zero attached hydrogens (tertiary/aromatic N) is 2. The molecule has 7 heteroatoms. The molecule has 2 aromatic rings. The highest BCUT2D eigenvalue weighted by Gasteiger charge is 2.39. The SMILES string of the molecule is CCOP1(=O)OCCN(C)c2oc(-c3ccc(C)cc3)nc21. The summed E-state index contributed by atoms with van der Waals surface area (Å²) < 4.78 is 29.6. The van der Waals surface area contributed by atoms with E-state index in [9.17, 15) is 4.57 Å². The molecule has 1 aromatic heterocycles. The third-order valence-electron chi connectivity index (χ3n) is 3.48. The highest BCUT2D eigenvalue weighted by Crippen LogP contribution is 2.50. The third-order valence-corrected chi connectivity index (χ3v) is 5.41. The number of hydrogen-bond acceptors (Lipinski definition) is 6. The second kappa shape index (κ2) is 5.88. The van der Waals surface area contributed by atoms with Gasteiger partial charge >= 0.3 is 7.60 Å². The van der Waals surface area contributed by atoms with Gasteiger partial charge in [-0.1, -0.05) is 17.7 Å². The lowest BCUT2D eigenvalue weighted by Gasteiger charge is -2.12. The number of anilines is 1. The highest BCUT2D eigenvalue weighted by molar-refractivity contribution is 7.62. The van der Waals surface area contributed by atoms with Gasteiger partial charge in [0, 0.05) is 19.2 Å². The molecule has 0 fully saturated rings. The van der Waals surface area contributed by atoms with E-state index in [1.54, 1.807) is 6.92 Å². The first-order valence-corrected chi connectivity index (χ1v) is 8.76. The van der Waals surface area contributed by atoms with Gasteiger partial charge in [-0.2, -0.15) is 4.98 Å². The molecule has 0 spiro atoms. The topological polar surface area (TPSA) is 64.8 Å². The zero-order valence-electron chi connectivity index (χ0n) is 12.9. The molecule has 2 heterocycles. The van der Waals surface area contributed by atoms with Crippen molar-refractivity contribution in [3.05, 3.63) is 29.8 Å². The van der Waals surface area contributed by atoms with Crippen molar-refractivity contribution >= 4 is 18.9 Å². The fraction of sp³-hybridized carbons (Fsp3) is 0.400. The van der Waals surface area contributed by atoms with Crippen LogP contribution in [0.5, 0.6) is 0 Å². The normalized spacial score (nSPS) is 21.5. The first-order valence-electron chi connectivity index (χ1n) is 7.22. The maximum absolute atomic E-state index is 12.9. The molecule has 0 radical (unpaired) electrons. The van der Waals surface area contributed by atoms with Crippen LogP contribution in [0.4, 0.5) is 5.88 Å². The Morgan fingerprint density at radius 3 is 2.77 bits per heavy atom. The third kappa shape index (κ3) is 2.70. The Morgan fingerprint density at radius 2 is 2.09 bits per heavy atom. The Bertz CT molecular complexity index is 711. The zero-order chi connectivity index (χ0) is 15.7. The monoisotopic (exact) mass is 322 g/mol. The van der Waals surface area contributed by atoms with Crippen molar-refractivity contribution in [3.8, 4) is 11.5 Å². The first kappa shape index (κ1) is 15.3. The van der Waals surface area contributed by atoms with Gasteiger partial charge in [0.05, 0.1) is 13.2 Å². The molecular formula is C15H19N2O4P. The van der Waals surface area contributed by atoms with Crippen LogP contribution in [0.25, 0.3) is 11.5 Å². The highest BCUT2D eigenvalue weighted by atomic mass is 31.2. The van der Waals surface area contributed by atoms with Crippen LogP contribution in [0.2, 0.25) is 0 Å². The Morgan fingerprint density at radius 1 is 1.36 bits per heavy atom. The van der Waals surface area contributed by atoms with Gasteiger partial charge < -0.3 is 18.4 Å². The Hall–Kier alpha value is -1.62. The minimum absolute atomic E-state index is 0.255. The summed E-state index contributed by atoms with van der Waals surface area (Å²) in [5.74, 6) is 0.868. The minimum atomic E-state index is -3.44. The van der Waals surface area contributed by atoms with Crippen LogP contribution in [0, 0.1) is 6.92 Å². The number of likely N-dealkylation sites (N-methyl/N-ethyl adjacent to an activating group) is 1. The van der Waals surface area contributed by atoms with Crippen molar-refractivity contribution in [3.63, 3.8) is 0 Å². The second-order valence-corrected chi connectivity index (χ2v) is 7.12. The zero-order valence-corrected chi connectivity index (χ0v) is 13.8. The molecule has 0 saturated heterocycles. The average Bonchev–Trinajstić information content (AvgIpc) is 2.90. The summed E-state index contributed by atoms with van der Waals surface area (Å²) in [7, 11) is -1.58. The minimum Gasteiger partial charge on any atom is -0.419 e. The first-order chi connectivity index (χ1) is 10.5. The van der Waals surface area contributed by atoms with Gasteiger partial charge in [-0.25, -0.2) is 0 Å². The summed E-state index contributed by atoms with van der Waals surface area (Å²) in [5.41, 5.74) is 2.23. The number of rotatable bonds is 3. The molecule has 3 rings (SSSR count). The van der Waals surface area contributed by atoms with Crippen LogP contribution >= 0.6 is 7.60 Å². The van der Waals surface area contributed by atoms with E-state index in [1.165, 1.54) is 0 Å². The van der Waals surface area contributed by atoms with Crippen LogP contribution in [0.15, 0.2) is 28.7 Å². The maximum atomic E-state index is 12.9. The Kier molecular flexibility index (Phi) is 4.08. The van der Waals surface area contributed by atoms with E-state index < -0.39 is 7.60 Å². The smallest absolute Gasteiger partial charge is 0.385 e. The van der Waals surface area contributed by atoms with Crippen molar-refractivity contribution < 1.29 is 18.0 Å². The maximum Gasteiger partial charge on any atom is 0.385 e. The predicted molar refractivity (Wildman–Crippen MR) is 84.8 cm³/mol. The quantitative estimate of drug-likeness (QED) is 0.810. The van der Waals surface area contributed by atoms with Gasteiger partial charge in [-0.3, -0.25) is 4.57 Å². The summed E-state index contributed by atoms with van der Waals surface area (Å²) >= 11 is 0. The number of fused-ring (bicyclic) bond motifs is 1. The van der Waals surface area contributed by atoms with Crippen LogP contribution in [0.1, 0.15) is 12.5 Å². The van der Waals surface area contributed by atoms with Gasteiger partial charge in [0.25, 0.3) is 0 Å². The lowest BCUT2D eigenvalue weighted by atomic mass is 10.1. The molecule has 1 aliphatic heterocycles. The van der Waals surface area contributed by atoms with Gasteiger partial charge in [0.1, 0.15) is 0 Å². The standard InChI is InChI=1S/C15H19N2O4P/c1-4-19-22(18)14-15(17(3)9-10-20-22)21-13(16-14)12-7-5-11(2)6-8-12/h5-8H,4,9-10H2,1-3H3. The van der Waals surface area contributed by atoms with E-state index in [-0.39, 0.29) is 12.0 Å². The summed E-state index contributed by atoms with van der Waals surface area (Å²) in [4.78, 5) is 6.26. The van der Waals surface area contributed by atoms with Crippen LogP contribution in [0.3, 0.4) is 0 Å². The predicted octanol–water partition coefficient (Wildman–Crippen LogP) is 2.97. The molecule has 1 unspecified atom stereocenters. The largest absolute Gasteiger partial charge is 0.419 e. The second-order valence-electron chi connectivity index (χ2n) is 5.18. The van der Waals surface area contributed by atoms with Gasteiger partial charge in [-0.15, -0.1) is 0 Å². The summed E-state index contributed by atoms with van der Waals surface area (Å²) in [6, 6.07) is 7.81. The number of aromatic nitrogens is 1. The molecular weight excluding hydrogens is 303 g/mol. The lowest BCUT2D eigenvalue weighted by molar-refractivity contribution is 0.226. The van der Waals surface area contributed by atoms with Gasteiger partial charge in [0.2, 0.25) is 17.2 Å².